The van der Waals surface area contributed by atoms with E-state index < -0.39 is 17.4 Å². The van der Waals surface area contributed by atoms with Gasteiger partial charge in [-0.05, 0) is 48.0 Å². The van der Waals surface area contributed by atoms with Crippen LogP contribution in [-0.4, -0.2) is 26.0 Å². The van der Waals surface area contributed by atoms with Crippen molar-refractivity contribution in [3.63, 3.8) is 0 Å². The molecule has 35 heavy (non-hydrogen) atoms. The second-order valence-corrected chi connectivity index (χ2v) is 7.62. The van der Waals surface area contributed by atoms with Crippen LogP contribution in [0.25, 0.3) is 0 Å². The maximum atomic E-state index is 13.3. The Kier molecular flexibility index (Phi) is 6.78. The van der Waals surface area contributed by atoms with Crippen LogP contribution in [0.4, 0.5) is 24.8 Å². The van der Waals surface area contributed by atoms with Gasteiger partial charge in [0, 0.05) is 23.0 Å². The summed E-state index contributed by atoms with van der Waals surface area (Å²) >= 11 is 5.87. The van der Waals surface area contributed by atoms with Crippen LogP contribution in [0, 0.1) is 5.41 Å². The van der Waals surface area contributed by atoms with E-state index in [-0.39, 0.29) is 18.4 Å². The first-order valence-electron chi connectivity index (χ1n) is 10.0. The summed E-state index contributed by atoms with van der Waals surface area (Å²) in [5.41, 5.74) is -1.54. The molecule has 2 aromatic carbocycles. The van der Waals surface area contributed by atoms with Crippen LogP contribution in [0.15, 0.2) is 71.5 Å². The average molecular weight is 501 g/mol. The van der Waals surface area contributed by atoms with Crippen molar-refractivity contribution in [3.8, 4) is 11.6 Å². The topological polar surface area (TPSA) is 106 Å². The third-order valence-electron chi connectivity index (χ3n) is 4.70. The molecule has 0 saturated carbocycles. The molecule has 0 radical (unpaired) electrons. The Labute approximate surface area is 201 Å². The highest BCUT2D eigenvalue weighted by Gasteiger charge is 2.38. The minimum atomic E-state index is -4.95. The van der Waals surface area contributed by atoms with Gasteiger partial charge in [0.25, 0.3) is 5.56 Å². The van der Waals surface area contributed by atoms with Gasteiger partial charge in [0.2, 0.25) is 17.5 Å². The van der Waals surface area contributed by atoms with E-state index in [4.69, 9.17) is 21.7 Å². The number of hydrogen-bond donors (Lipinski definition) is 2. The Morgan fingerprint density at radius 1 is 1.03 bits per heavy atom. The Morgan fingerprint density at radius 3 is 2.40 bits per heavy atom. The SMILES string of the molecule is N=Cc1cccc(Oc2ccc(Nc3nnc(C(F)(F)F)c(=O)n3Cc3ccc(Cl)cc3)cc2)n1. The molecule has 0 amide bonds. The summed E-state index contributed by atoms with van der Waals surface area (Å²) in [6, 6.07) is 17.7. The van der Waals surface area contributed by atoms with Gasteiger partial charge in [0.05, 0.1) is 12.2 Å². The molecule has 0 bridgehead atoms. The highest BCUT2D eigenvalue weighted by Crippen LogP contribution is 2.26. The van der Waals surface area contributed by atoms with Crippen molar-refractivity contribution in [2.45, 2.75) is 12.7 Å². The van der Waals surface area contributed by atoms with Gasteiger partial charge in [-0.2, -0.15) is 13.2 Å². The molecule has 178 valence electrons. The monoisotopic (exact) mass is 500 g/mol. The first-order valence-corrected chi connectivity index (χ1v) is 10.4. The molecule has 2 aromatic heterocycles. The summed E-state index contributed by atoms with van der Waals surface area (Å²) in [6.07, 6.45) is -3.86. The molecule has 0 aliphatic heterocycles. The fourth-order valence-electron chi connectivity index (χ4n) is 3.03. The second-order valence-electron chi connectivity index (χ2n) is 7.18. The molecular weight excluding hydrogens is 485 g/mol. The first kappa shape index (κ1) is 23.9. The van der Waals surface area contributed by atoms with Crippen molar-refractivity contribution in [1.82, 2.24) is 19.7 Å². The number of hydrogen-bond acceptors (Lipinski definition) is 7. The lowest BCUT2D eigenvalue weighted by atomic mass is 10.2. The van der Waals surface area contributed by atoms with Gasteiger partial charge in [-0.1, -0.05) is 29.8 Å². The number of pyridine rings is 1. The van der Waals surface area contributed by atoms with Gasteiger partial charge in [-0.3, -0.25) is 9.36 Å². The lowest BCUT2D eigenvalue weighted by Crippen LogP contribution is -2.33. The number of alkyl halides is 3. The van der Waals surface area contributed by atoms with E-state index in [1.807, 2.05) is 0 Å². The molecule has 0 aliphatic rings. The zero-order chi connectivity index (χ0) is 25.0. The van der Waals surface area contributed by atoms with Gasteiger partial charge >= 0.3 is 6.18 Å². The lowest BCUT2D eigenvalue weighted by Gasteiger charge is -2.15. The van der Waals surface area contributed by atoms with Gasteiger partial charge in [0.1, 0.15) is 5.75 Å². The molecule has 2 N–H and O–H groups in total. The maximum Gasteiger partial charge on any atom is 0.440 e. The van der Waals surface area contributed by atoms with Crippen LogP contribution in [0.5, 0.6) is 11.6 Å². The summed E-state index contributed by atoms with van der Waals surface area (Å²) in [5, 5.41) is 17.3. The molecule has 0 saturated heterocycles. The Bertz CT molecular complexity index is 1410. The summed E-state index contributed by atoms with van der Waals surface area (Å²) in [4.78, 5) is 16.8. The number of aromatic nitrogens is 4. The van der Waals surface area contributed by atoms with Crippen molar-refractivity contribution in [3.05, 3.63) is 99.1 Å². The van der Waals surface area contributed by atoms with Gasteiger partial charge < -0.3 is 15.5 Å². The third kappa shape index (κ3) is 5.82. The fourth-order valence-corrected chi connectivity index (χ4v) is 3.16. The number of anilines is 2. The number of nitrogens with zero attached hydrogens (tertiary/aromatic N) is 4. The van der Waals surface area contributed by atoms with Crippen molar-refractivity contribution < 1.29 is 17.9 Å². The van der Waals surface area contributed by atoms with E-state index in [1.54, 1.807) is 66.7 Å². The number of halogens is 4. The molecule has 12 heteroatoms. The predicted octanol–water partition coefficient (Wildman–Crippen LogP) is 5.29. The minimum Gasteiger partial charge on any atom is -0.439 e. The summed E-state index contributed by atoms with van der Waals surface area (Å²) in [6.45, 7) is -0.187. The minimum absolute atomic E-state index is 0.174. The Morgan fingerprint density at radius 2 is 1.74 bits per heavy atom. The molecule has 0 fully saturated rings. The lowest BCUT2D eigenvalue weighted by molar-refractivity contribution is -0.143. The Balaban J connectivity index is 1.61. The highest BCUT2D eigenvalue weighted by molar-refractivity contribution is 6.30. The normalized spacial score (nSPS) is 11.2. The molecule has 4 rings (SSSR count). The van der Waals surface area contributed by atoms with E-state index >= 15 is 0 Å². The predicted molar refractivity (Wildman–Crippen MR) is 124 cm³/mol. The van der Waals surface area contributed by atoms with Crippen LogP contribution in [0.1, 0.15) is 17.0 Å². The smallest absolute Gasteiger partial charge is 0.439 e. The van der Waals surface area contributed by atoms with E-state index in [9.17, 15) is 18.0 Å². The zero-order valence-electron chi connectivity index (χ0n) is 17.8. The first-order chi connectivity index (χ1) is 16.7. The molecule has 2 heterocycles. The molecule has 0 atom stereocenters. The molecule has 4 aromatic rings. The average Bonchev–Trinajstić information content (AvgIpc) is 2.83. The van der Waals surface area contributed by atoms with Crippen molar-refractivity contribution in [1.29, 1.82) is 5.41 Å². The van der Waals surface area contributed by atoms with E-state index in [1.165, 1.54) is 0 Å². The zero-order valence-corrected chi connectivity index (χ0v) is 18.5. The maximum absolute atomic E-state index is 13.3. The standard InChI is InChI=1S/C23H16ClF3N6O2/c24-15-6-4-14(5-7-15)13-33-21(34)20(23(25,26)27)31-32-22(33)30-16-8-10-18(11-9-16)35-19-3-1-2-17(12-28)29-19/h1-12,28H,13H2,(H,30,32). The van der Waals surface area contributed by atoms with Crippen molar-refractivity contribution >= 4 is 29.5 Å². The molecule has 0 spiro atoms. The van der Waals surface area contributed by atoms with E-state index in [2.05, 4.69) is 20.5 Å². The Hall–Kier alpha value is -4.25. The van der Waals surface area contributed by atoms with Crippen LogP contribution in [0.3, 0.4) is 0 Å². The summed E-state index contributed by atoms with van der Waals surface area (Å²) in [7, 11) is 0. The highest BCUT2D eigenvalue weighted by atomic mass is 35.5. The van der Waals surface area contributed by atoms with E-state index in [0.29, 0.717) is 27.7 Å². The number of benzene rings is 2. The molecular formula is C23H16ClF3N6O2. The second kappa shape index (κ2) is 9.94. The third-order valence-corrected chi connectivity index (χ3v) is 4.95. The number of rotatable bonds is 7. The molecule has 0 unspecified atom stereocenters. The molecule has 8 nitrogen and oxygen atoms in total. The van der Waals surface area contributed by atoms with Gasteiger partial charge in [-0.15, -0.1) is 10.2 Å². The summed E-state index contributed by atoms with van der Waals surface area (Å²) < 4.78 is 46.3. The van der Waals surface area contributed by atoms with Crippen LogP contribution in [-0.2, 0) is 12.7 Å². The van der Waals surface area contributed by atoms with Crippen molar-refractivity contribution in [2.24, 2.45) is 0 Å². The van der Waals surface area contributed by atoms with E-state index in [0.717, 1.165) is 10.8 Å². The quantitative estimate of drug-likeness (QED) is 0.334. The van der Waals surface area contributed by atoms with Crippen LogP contribution < -0.4 is 15.6 Å². The summed E-state index contributed by atoms with van der Waals surface area (Å²) in [5.74, 6) is 0.548. The molecule has 0 aliphatic carbocycles. The van der Waals surface area contributed by atoms with Crippen molar-refractivity contribution in [2.75, 3.05) is 5.32 Å². The number of ether oxygens (including phenoxy) is 1. The van der Waals surface area contributed by atoms with Gasteiger partial charge in [-0.25, -0.2) is 4.98 Å². The fraction of sp³-hybridized carbons (Fsp3) is 0.0870. The van der Waals surface area contributed by atoms with Crippen LogP contribution >= 0.6 is 11.6 Å². The van der Waals surface area contributed by atoms with Crippen LogP contribution in [0.2, 0.25) is 5.02 Å². The van der Waals surface area contributed by atoms with Gasteiger partial charge in [0.15, 0.2) is 0 Å². The largest absolute Gasteiger partial charge is 0.440 e. The number of nitrogens with one attached hydrogen (secondary N) is 2.